The molecule has 1 aromatic carbocycles. The predicted molar refractivity (Wildman–Crippen MR) is 79.5 cm³/mol. The van der Waals surface area contributed by atoms with E-state index in [0.717, 1.165) is 36.5 Å². The minimum atomic E-state index is -0.0765. The molecule has 3 nitrogen and oxygen atoms in total. The largest absolute Gasteiger partial charge is 0.377 e. The number of nitrogens with zero attached hydrogens (tertiary/aromatic N) is 1. The molecule has 2 N–H and O–H groups in total. The average Bonchev–Trinajstić information content (AvgIpc) is 2.42. The normalized spacial score (nSPS) is 26.3. The maximum Gasteiger partial charge on any atom is 0.0777 e. The molecule has 2 rings (SSSR count). The van der Waals surface area contributed by atoms with Gasteiger partial charge in [0.2, 0.25) is 0 Å². The number of nitrogens with two attached hydrogens (primary N) is 1. The summed E-state index contributed by atoms with van der Waals surface area (Å²) in [5.74, 6) is 0. The molecule has 0 aromatic heterocycles. The minimum absolute atomic E-state index is 0.0765. The van der Waals surface area contributed by atoms with E-state index in [1.807, 2.05) is 18.2 Å². The summed E-state index contributed by atoms with van der Waals surface area (Å²) in [7, 11) is 1.79. The van der Waals surface area contributed by atoms with Gasteiger partial charge in [0.25, 0.3) is 0 Å². The van der Waals surface area contributed by atoms with E-state index in [2.05, 4.69) is 17.9 Å². The molecule has 106 valence electrons. The van der Waals surface area contributed by atoms with Gasteiger partial charge in [-0.3, -0.25) is 4.90 Å². The second kappa shape index (κ2) is 6.23. The Labute approximate surface area is 120 Å². The van der Waals surface area contributed by atoms with Crippen LogP contribution in [0.25, 0.3) is 0 Å². The van der Waals surface area contributed by atoms with Crippen LogP contribution in [0.1, 0.15) is 31.4 Å². The van der Waals surface area contributed by atoms with E-state index < -0.39 is 0 Å². The molecular formula is C15H23ClN2O. The van der Waals surface area contributed by atoms with Gasteiger partial charge in [0, 0.05) is 31.3 Å². The highest BCUT2D eigenvalue weighted by Gasteiger charge is 2.34. The lowest BCUT2D eigenvalue weighted by atomic mass is 9.92. The lowest BCUT2D eigenvalue weighted by Crippen LogP contribution is -2.49. The van der Waals surface area contributed by atoms with Crippen molar-refractivity contribution >= 4 is 11.6 Å². The number of ether oxygens (including phenoxy) is 1. The van der Waals surface area contributed by atoms with Gasteiger partial charge >= 0.3 is 0 Å². The number of rotatable bonds is 4. The third-order valence-electron chi connectivity index (χ3n) is 4.11. The van der Waals surface area contributed by atoms with Gasteiger partial charge < -0.3 is 10.5 Å². The molecule has 1 aliphatic heterocycles. The van der Waals surface area contributed by atoms with E-state index in [0.29, 0.717) is 6.54 Å². The maximum atomic E-state index is 6.31. The van der Waals surface area contributed by atoms with Gasteiger partial charge in [-0.15, -0.1) is 0 Å². The Bertz CT molecular complexity index is 426. The molecule has 0 spiro atoms. The molecule has 0 saturated carbocycles. The number of likely N-dealkylation sites (tertiary alicyclic amines) is 1. The van der Waals surface area contributed by atoms with Crippen molar-refractivity contribution in [3.8, 4) is 0 Å². The minimum Gasteiger partial charge on any atom is -0.377 e. The van der Waals surface area contributed by atoms with Crippen molar-refractivity contribution in [3.63, 3.8) is 0 Å². The molecule has 4 heteroatoms. The number of piperidine rings is 1. The van der Waals surface area contributed by atoms with E-state index >= 15 is 0 Å². The van der Waals surface area contributed by atoms with Crippen molar-refractivity contribution in [2.24, 2.45) is 5.73 Å². The second-order valence-electron chi connectivity index (χ2n) is 5.50. The highest BCUT2D eigenvalue weighted by atomic mass is 35.5. The van der Waals surface area contributed by atoms with Gasteiger partial charge in [0.05, 0.1) is 5.60 Å². The van der Waals surface area contributed by atoms with Crippen LogP contribution in [0.4, 0.5) is 0 Å². The van der Waals surface area contributed by atoms with Crippen LogP contribution in [-0.2, 0) is 4.74 Å². The summed E-state index contributed by atoms with van der Waals surface area (Å²) in [6.45, 7) is 4.69. The highest BCUT2D eigenvalue weighted by molar-refractivity contribution is 6.31. The standard InChI is InChI=1S/C15H23ClN2O/c1-15(19-2)8-5-9-18(11-15)14(10-17)12-6-3-4-7-13(12)16/h3-4,6-7,14H,5,8-11,17H2,1-2H3. The lowest BCUT2D eigenvalue weighted by molar-refractivity contribution is -0.0608. The van der Waals surface area contributed by atoms with Gasteiger partial charge in [-0.25, -0.2) is 0 Å². The summed E-state index contributed by atoms with van der Waals surface area (Å²) in [5.41, 5.74) is 7.03. The first-order chi connectivity index (χ1) is 9.09. The summed E-state index contributed by atoms with van der Waals surface area (Å²) >= 11 is 6.31. The molecule has 0 amide bonds. The van der Waals surface area contributed by atoms with Gasteiger partial charge in [0.15, 0.2) is 0 Å². The third-order valence-corrected chi connectivity index (χ3v) is 4.45. The zero-order valence-corrected chi connectivity index (χ0v) is 12.5. The van der Waals surface area contributed by atoms with E-state index in [4.69, 9.17) is 22.1 Å². The quantitative estimate of drug-likeness (QED) is 0.923. The molecule has 1 aliphatic rings. The molecule has 2 unspecified atom stereocenters. The molecule has 2 atom stereocenters. The summed E-state index contributed by atoms with van der Waals surface area (Å²) in [5, 5.41) is 0.794. The summed E-state index contributed by atoms with van der Waals surface area (Å²) in [4.78, 5) is 2.40. The monoisotopic (exact) mass is 282 g/mol. The van der Waals surface area contributed by atoms with Crippen molar-refractivity contribution in [2.75, 3.05) is 26.7 Å². The van der Waals surface area contributed by atoms with Crippen LogP contribution in [0.3, 0.4) is 0 Å². The van der Waals surface area contributed by atoms with Crippen LogP contribution < -0.4 is 5.73 Å². The summed E-state index contributed by atoms with van der Waals surface area (Å²) in [6.07, 6.45) is 2.23. The van der Waals surface area contributed by atoms with Crippen LogP contribution >= 0.6 is 11.6 Å². The summed E-state index contributed by atoms with van der Waals surface area (Å²) < 4.78 is 5.65. The zero-order chi connectivity index (χ0) is 13.9. The molecule has 1 fully saturated rings. The number of methoxy groups -OCH3 is 1. The first-order valence-electron chi connectivity index (χ1n) is 6.83. The number of hydrogen-bond acceptors (Lipinski definition) is 3. The average molecular weight is 283 g/mol. The second-order valence-corrected chi connectivity index (χ2v) is 5.91. The van der Waals surface area contributed by atoms with Crippen molar-refractivity contribution in [3.05, 3.63) is 34.9 Å². The number of halogens is 1. The zero-order valence-electron chi connectivity index (χ0n) is 11.7. The summed E-state index contributed by atoms with van der Waals surface area (Å²) in [6, 6.07) is 8.14. The van der Waals surface area contributed by atoms with Crippen molar-refractivity contribution in [1.82, 2.24) is 4.90 Å². The highest BCUT2D eigenvalue weighted by Crippen LogP contribution is 2.32. The SMILES string of the molecule is COC1(C)CCCN(C(CN)c2ccccc2Cl)C1. The predicted octanol–water partition coefficient (Wildman–Crippen LogP) is 2.84. The van der Waals surface area contributed by atoms with Crippen molar-refractivity contribution in [1.29, 1.82) is 0 Å². The fourth-order valence-electron chi connectivity index (χ4n) is 2.89. The first kappa shape index (κ1) is 14.8. The van der Waals surface area contributed by atoms with Crippen LogP contribution in [0.15, 0.2) is 24.3 Å². The molecule has 1 heterocycles. The van der Waals surface area contributed by atoms with E-state index in [1.54, 1.807) is 7.11 Å². The molecular weight excluding hydrogens is 260 g/mol. The molecule has 1 aromatic rings. The van der Waals surface area contributed by atoms with Gasteiger partial charge in [-0.2, -0.15) is 0 Å². The van der Waals surface area contributed by atoms with E-state index in [1.165, 1.54) is 0 Å². The van der Waals surface area contributed by atoms with Crippen molar-refractivity contribution in [2.45, 2.75) is 31.4 Å². The van der Waals surface area contributed by atoms with Crippen LogP contribution in [-0.4, -0.2) is 37.2 Å². The Morgan fingerprint density at radius 1 is 1.47 bits per heavy atom. The number of hydrogen-bond donors (Lipinski definition) is 1. The fourth-order valence-corrected chi connectivity index (χ4v) is 3.16. The van der Waals surface area contributed by atoms with Gasteiger partial charge in [-0.1, -0.05) is 29.8 Å². The Morgan fingerprint density at radius 3 is 2.84 bits per heavy atom. The first-order valence-corrected chi connectivity index (χ1v) is 7.21. The smallest absolute Gasteiger partial charge is 0.0777 e. The topological polar surface area (TPSA) is 38.5 Å². The Hall–Kier alpha value is -0.610. The number of benzene rings is 1. The molecule has 1 saturated heterocycles. The molecule has 19 heavy (non-hydrogen) atoms. The fraction of sp³-hybridized carbons (Fsp3) is 0.600. The Morgan fingerprint density at radius 2 is 2.21 bits per heavy atom. The van der Waals surface area contributed by atoms with Gasteiger partial charge in [-0.05, 0) is 37.9 Å². The van der Waals surface area contributed by atoms with Crippen LogP contribution in [0, 0.1) is 0 Å². The molecule has 0 radical (unpaired) electrons. The molecule has 0 bridgehead atoms. The molecule has 0 aliphatic carbocycles. The lowest BCUT2D eigenvalue weighted by Gasteiger charge is -2.43. The third kappa shape index (κ3) is 3.29. The van der Waals surface area contributed by atoms with E-state index in [-0.39, 0.29) is 11.6 Å². The van der Waals surface area contributed by atoms with Crippen LogP contribution in [0.2, 0.25) is 5.02 Å². The van der Waals surface area contributed by atoms with Crippen LogP contribution in [0.5, 0.6) is 0 Å². The van der Waals surface area contributed by atoms with E-state index in [9.17, 15) is 0 Å². The van der Waals surface area contributed by atoms with Gasteiger partial charge in [0.1, 0.15) is 0 Å². The van der Waals surface area contributed by atoms with Crippen molar-refractivity contribution < 1.29 is 4.74 Å². The Balaban J connectivity index is 2.20. The Kier molecular flexibility index (Phi) is 4.85. The maximum absolute atomic E-state index is 6.31.